The lowest BCUT2D eigenvalue weighted by Gasteiger charge is -2.27. The molecule has 0 aromatic heterocycles. The number of rotatable bonds is 63. The van der Waals surface area contributed by atoms with Crippen LogP contribution in [0, 0.1) is 0 Å². The first kappa shape index (κ1) is 79.5. The van der Waals surface area contributed by atoms with Gasteiger partial charge in [0.1, 0.15) is 19.3 Å². The van der Waals surface area contributed by atoms with Crippen molar-refractivity contribution in [3.05, 3.63) is 72.9 Å². The standard InChI is InChI=1S/C72H133N2O7P/c1-7-10-13-16-19-22-25-28-30-32-33-34-35-36-37-38-39-40-41-43-45-47-50-53-56-59-62-65-72(76)81-70(63-60-57-54-51-48-27-24-21-18-15-12-9-3)69(68-80-82(77,78)79-67-66-74(4,5)6)73-71(75)64-61-58-55-52-49-46-44-42-31-29-26-23-20-17-14-11-8-2/h19-20,22-23,28-31,44,46,60,63,69-70H,7-18,21,24-27,32-43,45,47-59,61-62,64-68H2,1-6H3,(H-,73,75,77,78)/p+1/b22-19-,23-20-,30-28-,31-29-,46-44-,63-60-. The summed E-state index contributed by atoms with van der Waals surface area (Å²) in [6, 6.07) is -0.862. The van der Waals surface area contributed by atoms with E-state index in [0.717, 1.165) is 89.9 Å². The van der Waals surface area contributed by atoms with Crippen LogP contribution in [-0.4, -0.2) is 74.3 Å². The molecule has 0 saturated carbocycles. The van der Waals surface area contributed by atoms with Crippen molar-refractivity contribution in [2.75, 3.05) is 40.9 Å². The van der Waals surface area contributed by atoms with Gasteiger partial charge in [0.15, 0.2) is 0 Å². The number of nitrogens with one attached hydrogen (secondary N) is 1. The van der Waals surface area contributed by atoms with Crippen molar-refractivity contribution in [2.45, 2.75) is 335 Å². The number of carbonyl (C=O) groups excluding carboxylic acids is 2. The van der Waals surface area contributed by atoms with Gasteiger partial charge in [-0.25, -0.2) is 4.57 Å². The predicted molar refractivity (Wildman–Crippen MR) is 355 cm³/mol. The Bertz CT molecular complexity index is 1630. The van der Waals surface area contributed by atoms with E-state index < -0.39 is 20.0 Å². The lowest BCUT2D eigenvalue weighted by molar-refractivity contribution is -0.870. The van der Waals surface area contributed by atoms with Crippen LogP contribution in [0.4, 0.5) is 0 Å². The van der Waals surface area contributed by atoms with Gasteiger partial charge in [-0.15, -0.1) is 0 Å². The first-order chi connectivity index (χ1) is 39.9. The predicted octanol–water partition coefficient (Wildman–Crippen LogP) is 22.0. The molecule has 478 valence electrons. The van der Waals surface area contributed by atoms with E-state index in [1.165, 1.54) is 199 Å². The monoisotopic (exact) mass is 1170 g/mol. The summed E-state index contributed by atoms with van der Waals surface area (Å²) < 4.78 is 30.8. The molecule has 9 nitrogen and oxygen atoms in total. The Kier molecular flexibility index (Phi) is 59.6. The first-order valence-corrected chi connectivity index (χ1v) is 36.3. The summed E-state index contributed by atoms with van der Waals surface area (Å²) >= 11 is 0. The summed E-state index contributed by atoms with van der Waals surface area (Å²) in [5.41, 5.74) is 0. The maximum atomic E-state index is 13.6. The van der Waals surface area contributed by atoms with Crippen LogP contribution in [-0.2, 0) is 27.9 Å². The van der Waals surface area contributed by atoms with Crippen LogP contribution in [0.3, 0.4) is 0 Å². The van der Waals surface area contributed by atoms with E-state index >= 15 is 0 Å². The van der Waals surface area contributed by atoms with Crippen LogP contribution in [0.2, 0.25) is 0 Å². The van der Waals surface area contributed by atoms with Crippen LogP contribution < -0.4 is 5.32 Å². The van der Waals surface area contributed by atoms with Gasteiger partial charge in [0, 0.05) is 12.8 Å². The summed E-state index contributed by atoms with van der Waals surface area (Å²) in [6.45, 7) is 6.97. The van der Waals surface area contributed by atoms with Gasteiger partial charge in [-0.3, -0.25) is 18.6 Å². The highest BCUT2D eigenvalue weighted by Crippen LogP contribution is 2.43. The van der Waals surface area contributed by atoms with Gasteiger partial charge in [-0.1, -0.05) is 280 Å². The molecule has 82 heavy (non-hydrogen) atoms. The van der Waals surface area contributed by atoms with Gasteiger partial charge < -0.3 is 19.4 Å². The van der Waals surface area contributed by atoms with Gasteiger partial charge in [0.2, 0.25) is 5.91 Å². The summed E-state index contributed by atoms with van der Waals surface area (Å²) in [6.07, 6.45) is 80.6. The second kappa shape index (κ2) is 61.5. The van der Waals surface area contributed by atoms with Crippen LogP contribution in [0.1, 0.15) is 323 Å². The molecule has 0 saturated heterocycles. The Labute approximate surface area is 508 Å². The van der Waals surface area contributed by atoms with Crippen molar-refractivity contribution in [1.29, 1.82) is 0 Å². The fourth-order valence-corrected chi connectivity index (χ4v) is 10.7. The number of quaternary nitrogens is 1. The van der Waals surface area contributed by atoms with E-state index in [9.17, 15) is 19.0 Å². The van der Waals surface area contributed by atoms with Crippen LogP contribution >= 0.6 is 7.82 Å². The Morgan fingerprint density at radius 1 is 0.427 bits per heavy atom. The highest BCUT2D eigenvalue weighted by molar-refractivity contribution is 7.47. The minimum atomic E-state index is -4.46. The summed E-state index contributed by atoms with van der Waals surface area (Å²) in [4.78, 5) is 37.8. The molecule has 2 N–H and O–H groups in total. The zero-order valence-corrected chi connectivity index (χ0v) is 55.6. The van der Waals surface area contributed by atoms with Crippen molar-refractivity contribution < 1.29 is 37.3 Å². The van der Waals surface area contributed by atoms with Crippen molar-refractivity contribution in [2.24, 2.45) is 0 Å². The third-order valence-electron chi connectivity index (χ3n) is 15.4. The van der Waals surface area contributed by atoms with E-state index in [1.54, 1.807) is 0 Å². The highest BCUT2D eigenvalue weighted by Gasteiger charge is 2.30. The molecule has 0 aliphatic rings. The number of hydrogen-bond acceptors (Lipinski definition) is 6. The van der Waals surface area contributed by atoms with E-state index in [2.05, 4.69) is 86.8 Å². The molecule has 0 aliphatic heterocycles. The van der Waals surface area contributed by atoms with E-state index in [1.807, 2.05) is 33.3 Å². The lowest BCUT2D eigenvalue weighted by Crippen LogP contribution is -2.47. The largest absolute Gasteiger partial charge is 0.472 e. The molecule has 0 heterocycles. The fraction of sp³-hybridized carbons (Fsp3) is 0.806. The molecule has 0 aromatic rings. The zero-order chi connectivity index (χ0) is 60.0. The Morgan fingerprint density at radius 3 is 1.13 bits per heavy atom. The number of nitrogens with zero attached hydrogens (tertiary/aromatic N) is 1. The minimum absolute atomic E-state index is 0.0347. The van der Waals surface area contributed by atoms with E-state index in [0.29, 0.717) is 17.4 Å². The molecular weight excluding hydrogens is 1040 g/mol. The van der Waals surface area contributed by atoms with Gasteiger partial charge in [-0.2, -0.15) is 0 Å². The Morgan fingerprint density at radius 2 is 0.744 bits per heavy atom. The number of likely N-dealkylation sites (N-methyl/N-ethyl adjacent to an activating group) is 1. The first-order valence-electron chi connectivity index (χ1n) is 34.8. The molecule has 0 rings (SSSR count). The normalized spacial score (nSPS) is 14.0. The summed E-state index contributed by atoms with van der Waals surface area (Å²) in [5.74, 6) is -0.521. The van der Waals surface area contributed by atoms with Gasteiger partial charge in [0.25, 0.3) is 0 Å². The van der Waals surface area contributed by atoms with E-state index in [4.69, 9.17) is 13.8 Å². The second-order valence-electron chi connectivity index (χ2n) is 24.7. The number of ether oxygens (including phenoxy) is 1. The number of amides is 1. The highest BCUT2D eigenvalue weighted by atomic mass is 31.2. The Balaban J connectivity index is 5.05. The second-order valence-corrected chi connectivity index (χ2v) is 26.1. The Hall–Kier alpha value is -2.55. The van der Waals surface area contributed by atoms with Crippen molar-refractivity contribution >= 4 is 19.7 Å². The number of phosphoric acid groups is 1. The SMILES string of the molecule is CCCCC/C=C\C/C=C\C/C=C\CCCCCCC(=O)NC(COP(=O)(O)OCC[N+](C)(C)C)C(/C=C\CCCCCCCCCCCC)OC(=O)CCCCCCCCCCCCCCCCCCC/C=C\C/C=C\CCCCC. The third kappa shape index (κ3) is 62.0. The molecule has 1 amide bonds. The molecule has 0 aliphatic carbocycles. The maximum Gasteiger partial charge on any atom is 0.472 e. The molecule has 3 atom stereocenters. The quantitative estimate of drug-likeness (QED) is 0.0205. The van der Waals surface area contributed by atoms with Gasteiger partial charge in [-0.05, 0) is 102 Å². The van der Waals surface area contributed by atoms with Crippen molar-refractivity contribution in [3.63, 3.8) is 0 Å². The lowest BCUT2D eigenvalue weighted by atomic mass is 10.0. The molecule has 10 heteroatoms. The summed E-state index contributed by atoms with van der Waals surface area (Å²) in [5, 5.41) is 3.05. The number of allylic oxidation sites excluding steroid dienone is 11. The smallest absolute Gasteiger partial charge is 0.456 e. The van der Waals surface area contributed by atoms with Gasteiger partial charge in [0.05, 0.1) is 33.8 Å². The third-order valence-corrected chi connectivity index (χ3v) is 16.4. The minimum Gasteiger partial charge on any atom is -0.456 e. The van der Waals surface area contributed by atoms with Crippen molar-refractivity contribution in [3.8, 4) is 0 Å². The molecule has 0 radical (unpaired) electrons. The summed E-state index contributed by atoms with van der Waals surface area (Å²) in [7, 11) is 1.48. The molecular formula is C72H134N2O7P+. The number of unbranched alkanes of at least 4 members (excludes halogenated alkanes) is 37. The average Bonchev–Trinajstić information content (AvgIpc) is 3.44. The van der Waals surface area contributed by atoms with Crippen molar-refractivity contribution in [1.82, 2.24) is 5.32 Å². The fourth-order valence-electron chi connectivity index (χ4n) is 9.98. The average molecular weight is 1170 g/mol. The number of phosphoric ester groups is 1. The van der Waals surface area contributed by atoms with Crippen LogP contribution in [0.15, 0.2) is 72.9 Å². The van der Waals surface area contributed by atoms with Crippen LogP contribution in [0.5, 0.6) is 0 Å². The maximum absolute atomic E-state index is 13.6. The molecule has 3 unspecified atom stereocenters. The number of hydrogen-bond donors (Lipinski definition) is 2. The van der Waals surface area contributed by atoms with E-state index in [-0.39, 0.29) is 31.5 Å². The molecule has 0 spiro atoms. The van der Waals surface area contributed by atoms with Crippen LogP contribution in [0.25, 0.3) is 0 Å². The zero-order valence-electron chi connectivity index (χ0n) is 54.7. The molecule has 0 bridgehead atoms. The van der Waals surface area contributed by atoms with Gasteiger partial charge >= 0.3 is 13.8 Å². The number of carbonyl (C=O) groups is 2. The topological polar surface area (TPSA) is 111 Å². The molecule has 0 aromatic carbocycles. The molecule has 0 fully saturated rings. The number of esters is 1.